The highest BCUT2D eigenvalue weighted by molar-refractivity contribution is 7.18. The first-order chi connectivity index (χ1) is 12.7. The Kier molecular flexibility index (Phi) is 5.33. The number of benzene rings is 1. The lowest BCUT2D eigenvalue weighted by Crippen LogP contribution is -2.42. The van der Waals surface area contributed by atoms with E-state index < -0.39 is 0 Å². The molecule has 136 valence electrons. The van der Waals surface area contributed by atoms with Crippen LogP contribution in [0, 0.1) is 0 Å². The minimum atomic E-state index is 0.196. The third-order valence-corrected chi connectivity index (χ3v) is 6.88. The van der Waals surface area contributed by atoms with E-state index in [0.717, 1.165) is 31.4 Å². The molecule has 3 aromatic rings. The minimum Gasteiger partial charge on any atom is -0.340 e. The monoisotopic (exact) mass is 385 g/mol. The zero-order valence-electron chi connectivity index (χ0n) is 14.9. The predicted molar refractivity (Wildman–Crippen MR) is 109 cm³/mol. The number of aromatic nitrogens is 1. The van der Waals surface area contributed by atoms with Crippen LogP contribution in [0.3, 0.4) is 0 Å². The molecule has 1 aliphatic rings. The van der Waals surface area contributed by atoms with Crippen LogP contribution in [0.4, 0.5) is 0 Å². The van der Waals surface area contributed by atoms with Crippen molar-refractivity contribution in [3.05, 3.63) is 51.7 Å². The average Bonchev–Trinajstić information content (AvgIpc) is 3.31. The SMILES string of the molecule is CN(Cc1ccsc1)C(=O)CN1CCC[C@H](c2nc3ccccc3s2)C1. The number of hydrogen-bond acceptors (Lipinski definition) is 5. The molecule has 0 radical (unpaired) electrons. The highest BCUT2D eigenvalue weighted by Crippen LogP contribution is 2.32. The van der Waals surface area contributed by atoms with Crippen molar-refractivity contribution in [1.29, 1.82) is 0 Å². The summed E-state index contributed by atoms with van der Waals surface area (Å²) in [7, 11) is 1.90. The van der Waals surface area contributed by atoms with Gasteiger partial charge in [0.05, 0.1) is 21.8 Å². The number of fused-ring (bicyclic) bond motifs is 1. The second-order valence-electron chi connectivity index (χ2n) is 6.98. The van der Waals surface area contributed by atoms with Crippen molar-refractivity contribution < 1.29 is 4.79 Å². The van der Waals surface area contributed by atoms with Crippen molar-refractivity contribution in [2.75, 3.05) is 26.7 Å². The number of likely N-dealkylation sites (N-methyl/N-ethyl adjacent to an activating group) is 1. The number of para-hydroxylation sites is 1. The van der Waals surface area contributed by atoms with Crippen molar-refractivity contribution in [1.82, 2.24) is 14.8 Å². The molecule has 1 amide bonds. The number of likely N-dealkylation sites (tertiary alicyclic amines) is 1. The first-order valence-electron chi connectivity index (χ1n) is 9.02. The number of carbonyl (C=O) groups excluding carboxylic acids is 1. The fourth-order valence-corrected chi connectivity index (χ4v) is 5.28. The number of carbonyl (C=O) groups is 1. The van der Waals surface area contributed by atoms with Gasteiger partial charge in [-0.25, -0.2) is 4.98 Å². The number of nitrogens with zero attached hydrogens (tertiary/aromatic N) is 3. The van der Waals surface area contributed by atoms with Gasteiger partial charge in [-0.2, -0.15) is 11.3 Å². The molecule has 6 heteroatoms. The Bertz CT molecular complexity index is 841. The summed E-state index contributed by atoms with van der Waals surface area (Å²) >= 11 is 3.48. The molecule has 1 atom stereocenters. The Hall–Kier alpha value is -1.76. The van der Waals surface area contributed by atoms with Gasteiger partial charge >= 0.3 is 0 Å². The predicted octanol–water partition coefficient (Wildman–Crippen LogP) is 4.20. The first kappa shape index (κ1) is 17.6. The molecular weight excluding hydrogens is 362 g/mol. The van der Waals surface area contributed by atoms with Gasteiger partial charge in [-0.05, 0) is 53.9 Å². The third-order valence-electron chi connectivity index (χ3n) is 4.95. The highest BCUT2D eigenvalue weighted by atomic mass is 32.1. The number of rotatable bonds is 5. The fraction of sp³-hybridized carbons (Fsp3) is 0.400. The second kappa shape index (κ2) is 7.86. The lowest BCUT2D eigenvalue weighted by molar-refractivity contribution is -0.131. The van der Waals surface area contributed by atoms with Crippen LogP contribution in [0.15, 0.2) is 41.1 Å². The summed E-state index contributed by atoms with van der Waals surface area (Å²) in [4.78, 5) is 21.6. The Morgan fingerprint density at radius 2 is 2.23 bits per heavy atom. The van der Waals surface area contributed by atoms with Crippen LogP contribution in [0.25, 0.3) is 10.2 Å². The van der Waals surface area contributed by atoms with Gasteiger partial charge in [0.15, 0.2) is 0 Å². The Morgan fingerprint density at radius 1 is 1.35 bits per heavy atom. The molecule has 0 spiro atoms. The van der Waals surface area contributed by atoms with Gasteiger partial charge in [0.2, 0.25) is 5.91 Å². The van der Waals surface area contributed by atoms with Gasteiger partial charge in [0, 0.05) is 26.1 Å². The van der Waals surface area contributed by atoms with Crippen LogP contribution >= 0.6 is 22.7 Å². The summed E-state index contributed by atoms with van der Waals surface area (Å²) in [6, 6.07) is 10.4. The topological polar surface area (TPSA) is 36.4 Å². The van der Waals surface area contributed by atoms with Gasteiger partial charge in [-0.15, -0.1) is 11.3 Å². The van der Waals surface area contributed by atoms with Crippen LogP contribution in [-0.2, 0) is 11.3 Å². The molecule has 2 aromatic heterocycles. The van der Waals surface area contributed by atoms with Crippen LogP contribution in [0.5, 0.6) is 0 Å². The van der Waals surface area contributed by atoms with E-state index in [1.165, 1.54) is 15.3 Å². The zero-order chi connectivity index (χ0) is 17.9. The number of amides is 1. The van der Waals surface area contributed by atoms with E-state index in [4.69, 9.17) is 4.98 Å². The van der Waals surface area contributed by atoms with E-state index in [9.17, 15) is 4.79 Å². The lowest BCUT2D eigenvalue weighted by Gasteiger charge is -2.32. The standard InChI is InChI=1S/C20H23N3OS2/c1-22(11-15-8-10-25-14-15)19(24)13-23-9-4-5-16(12-23)20-21-17-6-2-3-7-18(17)26-20/h2-3,6-8,10,14,16H,4-5,9,11-13H2,1H3/t16-/m0/s1. The molecule has 1 fully saturated rings. The Morgan fingerprint density at radius 3 is 3.04 bits per heavy atom. The zero-order valence-corrected chi connectivity index (χ0v) is 16.6. The van der Waals surface area contributed by atoms with Crippen molar-refractivity contribution in [2.45, 2.75) is 25.3 Å². The van der Waals surface area contributed by atoms with Gasteiger partial charge in [0.25, 0.3) is 0 Å². The molecule has 4 nitrogen and oxygen atoms in total. The molecular formula is C20H23N3OS2. The maximum atomic E-state index is 12.6. The second-order valence-corrected chi connectivity index (χ2v) is 8.82. The number of thiophene rings is 1. The Labute approximate surface area is 162 Å². The average molecular weight is 386 g/mol. The van der Waals surface area contributed by atoms with E-state index in [-0.39, 0.29) is 5.91 Å². The molecule has 0 aliphatic carbocycles. The minimum absolute atomic E-state index is 0.196. The van der Waals surface area contributed by atoms with Crippen LogP contribution in [0.1, 0.15) is 29.3 Å². The van der Waals surface area contributed by atoms with Crippen LogP contribution in [-0.4, -0.2) is 47.4 Å². The number of hydrogen-bond donors (Lipinski definition) is 0. The van der Waals surface area contributed by atoms with E-state index >= 15 is 0 Å². The third kappa shape index (κ3) is 3.98. The molecule has 4 rings (SSSR count). The highest BCUT2D eigenvalue weighted by Gasteiger charge is 2.26. The van der Waals surface area contributed by atoms with Crippen LogP contribution < -0.4 is 0 Å². The van der Waals surface area contributed by atoms with E-state index in [2.05, 4.69) is 39.9 Å². The van der Waals surface area contributed by atoms with Gasteiger partial charge in [-0.3, -0.25) is 9.69 Å². The van der Waals surface area contributed by atoms with Crippen molar-refractivity contribution in [2.24, 2.45) is 0 Å². The number of thiazole rings is 1. The molecule has 3 heterocycles. The molecule has 1 saturated heterocycles. The number of piperidine rings is 1. The molecule has 0 unspecified atom stereocenters. The summed E-state index contributed by atoms with van der Waals surface area (Å²) < 4.78 is 1.26. The lowest BCUT2D eigenvalue weighted by atomic mass is 9.99. The molecule has 26 heavy (non-hydrogen) atoms. The van der Waals surface area contributed by atoms with E-state index in [1.54, 1.807) is 22.7 Å². The summed E-state index contributed by atoms with van der Waals surface area (Å²) in [5.41, 5.74) is 2.30. The van der Waals surface area contributed by atoms with Crippen molar-refractivity contribution in [3.63, 3.8) is 0 Å². The maximum absolute atomic E-state index is 12.6. The van der Waals surface area contributed by atoms with Gasteiger partial charge in [-0.1, -0.05) is 12.1 Å². The summed E-state index contributed by atoms with van der Waals surface area (Å²) in [6.45, 7) is 3.12. The van der Waals surface area contributed by atoms with Crippen LogP contribution in [0.2, 0.25) is 0 Å². The van der Waals surface area contributed by atoms with E-state index in [1.807, 2.05) is 18.0 Å². The maximum Gasteiger partial charge on any atom is 0.236 e. The summed E-state index contributed by atoms with van der Waals surface area (Å²) in [5.74, 6) is 0.636. The van der Waals surface area contributed by atoms with Gasteiger partial charge in [0.1, 0.15) is 0 Å². The van der Waals surface area contributed by atoms with Gasteiger partial charge < -0.3 is 4.90 Å². The summed E-state index contributed by atoms with van der Waals surface area (Å²) in [5, 5.41) is 5.38. The normalized spacial score (nSPS) is 18.3. The smallest absolute Gasteiger partial charge is 0.236 e. The molecule has 0 saturated carbocycles. The largest absolute Gasteiger partial charge is 0.340 e. The van der Waals surface area contributed by atoms with E-state index in [0.29, 0.717) is 19.0 Å². The van der Waals surface area contributed by atoms with Crippen molar-refractivity contribution in [3.8, 4) is 0 Å². The first-order valence-corrected chi connectivity index (χ1v) is 10.8. The van der Waals surface area contributed by atoms with Crippen molar-refractivity contribution >= 4 is 38.8 Å². The quantitative estimate of drug-likeness (QED) is 0.661. The summed E-state index contributed by atoms with van der Waals surface area (Å²) in [6.07, 6.45) is 2.29. The molecule has 1 aromatic carbocycles. The molecule has 0 N–H and O–H groups in total. The molecule has 1 aliphatic heterocycles. The fourth-order valence-electron chi connectivity index (χ4n) is 3.52. The molecule has 0 bridgehead atoms. The Balaban J connectivity index is 1.37.